The predicted molar refractivity (Wildman–Crippen MR) is 288 cm³/mol. The molecule has 6 heteroatoms. The van der Waals surface area contributed by atoms with Gasteiger partial charge in [0.1, 0.15) is 13.2 Å². The fourth-order valence-corrected chi connectivity index (χ4v) is 6.81. The van der Waals surface area contributed by atoms with Gasteiger partial charge in [0.05, 0.1) is 0 Å². The molecule has 0 aromatic heterocycles. The summed E-state index contributed by atoms with van der Waals surface area (Å²) in [4.78, 5) is 38.0. The number of allylic oxidation sites excluding steroid dienone is 20. The summed E-state index contributed by atoms with van der Waals surface area (Å²) in [5, 5.41) is 0. The number of hydrogen-bond acceptors (Lipinski definition) is 6. The Kier molecular flexibility index (Phi) is 51.0. The standard InChI is InChI=1S/C61H98O6/c1-4-7-10-13-16-19-22-25-28-30-33-36-39-42-45-48-51-54-60(63)66-57-58(56-65-59(62)53-50-47-44-41-38-35-32-27-24-21-18-15-12-9-6-3)67-61(64)55-52-49-46-43-40-37-34-31-29-26-23-20-17-14-11-8-5-2/h16-21,25-29,32-34,36-37,42-43,45-46,58H,4-15,22-24,30-31,35,38-41,44,47-57H2,1-3H3/t58-/m1/s1. The van der Waals surface area contributed by atoms with Crippen molar-refractivity contribution in [2.24, 2.45) is 0 Å². The number of rotatable bonds is 47. The second-order valence-corrected chi connectivity index (χ2v) is 17.4. The van der Waals surface area contributed by atoms with Crippen LogP contribution in [0.1, 0.15) is 226 Å². The van der Waals surface area contributed by atoms with Gasteiger partial charge in [-0.25, -0.2) is 0 Å². The van der Waals surface area contributed by atoms with Crippen molar-refractivity contribution in [1.82, 2.24) is 0 Å². The molecule has 0 bridgehead atoms. The molecule has 0 heterocycles. The largest absolute Gasteiger partial charge is 0.462 e. The van der Waals surface area contributed by atoms with E-state index >= 15 is 0 Å². The summed E-state index contributed by atoms with van der Waals surface area (Å²) >= 11 is 0. The van der Waals surface area contributed by atoms with Crippen LogP contribution in [0.3, 0.4) is 0 Å². The summed E-state index contributed by atoms with van der Waals surface area (Å²) in [5.74, 6) is -1.06. The molecule has 67 heavy (non-hydrogen) atoms. The van der Waals surface area contributed by atoms with Gasteiger partial charge in [0.15, 0.2) is 6.10 Å². The van der Waals surface area contributed by atoms with Crippen LogP contribution in [0.25, 0.3) is 0 Å². The highest BCUT2D eigenvalue weighted by Crippen LogP contribution is 2.11. The minimum Gasteiger partial charge on any atom is -0.462 e. The van der Waals surface area contributed by atoms with E-state index in [4.69, 9.17) is 14.2 Å². The summed E-state index contributed by atoms with van der Waals surface area (Å²) in [6.45, 7) is 6.43. The predicted octanol–water partition coefficient (Wildman–Crippen LogP) is 18.1. The van der Waals surface area contributed by atoms with Crippen LogP contribution in [0.4, 0.5) is 0 Å². The molecule has 0 aliphatic rings. The van der Waals surface area contributed by atoms with Crippen LogP contribution in [0.2, 0.25) is 0 Å². The number of carbonyl (C=O) groups is 3. The number of hydrogen-bond donors (Lipinski definition) is 0. The lowest BCUT2D eigenvalue weighted by Crippen LogP contribution is -2.30. The summed E-state index contributed by atoms with van der Waals surface area (Å²) in [7, 11) is 0. The van der Waals surface area contributed by atoms with Gasteiger partial charge in [0, 0.05) is 19.3 Å². The molecule has 6 nitrogen and oxygen atoms in total. The Labute approximate surface area is 412 Å². The molecule has 0 radical (unpaired) electrons. The second-order valence-electron chi connectivity index (χ2n) is 17.4. The van der Waals surface area contributed by atoms with Gasteiger partial charge in [-0.2, -0.15) is 0 Å². The van der Waals surface area contributed by atoms with Gasteiger partial charge in [-0.1, -0.05) is 200 Å². The van der Waals surface area contributed by atoms with E-state index in [0.717, 1.165) is 96.3 Å². The third-order valence-corrected chi connectivity index (χ3v) is 10.9. The molecule has 0 aromatic carbocycles. The Balaban J connectivity index is 4.61. The van der Waals surface area contributed by atoms with E-state index in [1.165, 1.54) is 77.0 Å². The first-order valence-electron chi connectivity index (χ1n) is 27.0. The molecule has 1 atom stereocenters. The third-order valence-electron chi connectivity index (χ3n) is 10.9. The zero-order valence-corrected chi connectivity index (χ0v) is 43.1. The minimum atomic E-state index is -0.838. The molecule has 0 rings (SSSR count). The lowest BCUT2D eigenvalue weighted by Gasteiger charge is -2.18. The van der Waals surface area contributed by atoms with Gasteiger partial charge >= 0.3 is 17.9 Å². The molecule has 0 aromatic rings. The maximum Gasteiger partial charge on any atom is 0.306 e. The Hall–Kier alpha value is -4.19. The normalized spacial score (nSPS) is 13.1. The van der Waals surface area contributed by atoms with Gasteiger partial charge in [0.2, 0.25) is 0 Å². The van der Waals surface area contributed by atoms with Gasteiger partial charge < -0.3 is 14.2 Å². The maximum atomic E-state index is 12.8. The number of ether oxygens (including phenoxy) is 3. The van der Waals surface area contributed by atoms with Gasteiger partial charge in [-0.05, 0) is 128 Å². The second kappa shape index (κ2) is 54.4. The van der Waals surface area contributed by atoms with Crippen LogP contribution in [0, 0.1) is 0 Å². The lowest BCUT2D eigenvalue weighted by molar-refractivity contribution is -0.167. The van der Waals surface area contributed by atoms with Gasteiger partial charge in [0.25, 0.3) is 0 Å². The lowest BCUT2D eigenvalue weighted by atomic mass is 10.1. The fraction of sp³-hybridized carbons (Fsp3) is 0.623. The molecule has 0 unspecified atom stereocenters. The summed E-state index contributed by atoms with van der Waals surface area (Å²) in [6.07, 6.45) is 74.7. The number of esters is 3. The highest BCUT2D eigenvalue weighted by atomic mass is 16.6. The van der Waals surface area contributed by atoms with Crippen molar-refractivity contribution in [3.63, 3.8) is 0 Å². The van der Waals surface area contributed by atoms with E-state index < -0.39 is 6.10 Å². The Morgan fingerprint density at radius 2 is 0.552 bits per heavy atom. The van der Waals surface area contributed by atoms with Gasteiger partial charge in [-0.3, -0.25) is 14.4 Å². The SMILES string of the molecule is CCCCCC=CCC=CCC=CCC=CCCCC(=O)OC[C@@H](COC(=O)CCCCCCCC=CCC=CCCCCC)OC(=O)CCCC=CCC=CCC=CCC=CCCCCC. The Morgan fingerprint density at radius 1 is 0.299 bits per heavy atom. The van der Waals surface area contributed by atoms with E-state index in [-0.39, 0.29) is 44.0 Å². The highest BCUT2D eigenvalue weighted by molar-refractivity contribution is 5.71. The quantitative estimate of drug-likeness (QED) is 0.0262. The molecule has 0 fully saturated rings. The van der Waals surface area contributed by atoms with Crippen LogP contribution < -0.4 is 0 Å². The zero-order valence-electron chi connectivity index (χ0n) is 43.1. The van der Waals surface area contributed by atoms with E-state index in [0.29, 0.717) is 19.3 Å². The molecule has 0 aliphatic heterocycles. The molecule has 0 amide bonds. The first kappa shape index (κ1) is 62.8. The molecule has 378 valence electrons. The van der Waals surface area contributed by atoms with Crippen molar-refractivity contribution in [2.75, 3.05) is 13.2 Å². The van der Waals surface area contributed by atoms with Crippen molar-refractivity contribution < 1.29 is 28.6 Å². The van der Waals surface area contributed by atoms with Crippen LogP contribution >= 0.6 is 0 Å². The zero-order chi connectivity index (χ0) is 48.6. The molecule has 0 aliphatic carbocycles. The first-order chi connectivity index (χ1) is 33.0. The number of carbonyl (C=O) groups excluding carboxylic acids is 3. The topological polar surface area (TPSA) is 78.9 Å². The van der Waals surface area contributed by atoms with Crippen molar-refractivity contribution in [1.29, 1.82) is 0 Å². The molecular weight excluding hydrogens is 829 g/mol. The van der Waals surface area contributed by atoms with E-state index in [9.17, 15) is 14.4 Å². The minimum absolute atomic E-state index is 0.127. The van der Waals surface area contributed by atoms with E-state index in [1.54, 1.807) is 0 Å². The maximum absolute atomic E-state index is 12.8. The van der Waals surface area contributed by atoms with Crippen molar-refractivity contribution >= 4 is 17.9 Å². The third kappa shape index (κ3) is 52.6. The highest BCUT2D eigenvalue weighted by Gasteiger charge is 2.19. The number of unbranched alkanes of at least 4 members (excludes halogenated alkanes) is 16. The van der Waals surface area contributed by atoms with Crippen molar-refractivity contribution in [3.05, 3.63) is 122 Å². The van der Waals surface area contributed by atoms with Gasteiger partial charge in [-0.15, -0.1) is 0 Å². The fourth-order valence-electron chi connectivity index (χ4n) is 6.81. The van der Waals surface area contributed by atoms with Crippen molar-refractivity contribution in [3.8, 4) is 0 Å². The van der Waals surface area contributed by atoms with Crippen LogP contribution in [0.5, 0.6) is 0 Å². The molecule has 0 N–H and O–H groups in total. The average molecular weight is 927 g/mol. The monoisotopic (exact) mass is 927 g/mol. The Morgan fingerprint density at radius 3 is 0.896 bits per heavy atom. The van der Waals surface area contributed by atoms with Crippen LogP contribution in [-0.2, 0) is 28.6 Å². The van der Waals surface area contributed by atoms with Crippen LogP contribution in [-0.4, -0.2) is 37.2 Å². The molecule has 0 saturated heterocycles. The summed E-state index contributed by atoms with van der Waals surface area (Å²) < 4.78 is 16.7. The smallest absolute Gasteiger partial charge is 0.306 e. The molecular formula is C61H98O6. The summed E-state index contributed by atoms with van der Waals surface area (Å²) in [5.41, 5.74) is 0. The molecule has 0 saturated carbocycles. The first-order valence-corrected chi connectivity index (χ1v) is 27.0. The summed E-state index contributed by atoms with van der Waals surface area (Å²) in [6, 6.07) is 0. The Bertz CT molecular complexity index is 1440. The van der Waals surface area contributed by atoms with Crippen LogP contribution in [0.15, 0.2) is 122 Å². The average Bonchev–Trinajstić information content (AvgIpc) is 3.33. The van der Waals surface area contributed by atoms with E-state index in [2.05, 4.69) is 142 Å². The molecule has 0 spiro atoms. The van der Waals surface area contributed by atoms with E-state index in [1.807, 2.05) is 0 Å². The van der Waals surface area contributed by atoms with Crippen molar-refractivity contribution in [2.45, 2.75) is 232 Å².